The molecule has 2 aromatic carbocycles. The lowest BCUT2D eigenvalue weighted by atomic mass is 10.1. The Morgan fingerprint density at radius 1 is 1.04 bits per heavy atom. The molecule has 0 aliphatic rings. The van der Waals surface area contributed by atoms with Crippen molar-refractivity contribution in [3.05, 3.63) is 60.3 Å². The molecule has 3 N–H and O–H groups in total. The molecule has 5 heteroatoms. The van der Waals surface area contributed by atoms with Crippen LogP contribution in [-0.4, -0.2) is 16.8 Å². The lowest BCUT2D eigenvalue weighted by molar-refractivity contribution is 0.301. The second-order valence-corrected chi connectivity index (χ2v) is 5.48. The molecular weight excluding hydrogens is 302 g/mol. The number of anilines is 1. The van der Waals surface area contributed by atoms with Crippen molar-refractivity contribution >= 4 is 5.69 Å². The Bertz CT molecular complexity index is 799. The smallest absolute Gasteiger partial charge is 0.130 e. The third kappa shape index (κ3) is 3.87. The summed E-state index contributed by atoms with van der Waals surface area (Å²) < 4.78 is 11.5. The van der Waals surface area contributed by atoms with Gasteiger partial charge in [-0.25, -0.2) is 0 Å². The van der Waals surface area contributed by atoms with E-state index in [-0.39, 0.29) is 0 Å². The molecule has 0 fully saturated rings. The van der Waals surface area contributed by atoms with Gasteiger partial charge in [-0.1, -0.05) is 25.1 Å². The monoisotopic (exact) mass is 323 g/mol. The number of nitrogens with zero attached hydrogens (tertiary/aromatic N) is 1. The molecule has 0 aliphatic heterocycles. The third-order valence-corrected chi connectivity index (χ3v) is 3.51. The maximum atomic E-state index is 5.79. The van der Waals surface area contributed by atoms with E-state index in [0.29, 0.717) is 18.9 Å². The molecule has 124 valence electrons. The van der Waals surface area contributed by atoms with Crippen molar-refractivity contribution in [1.29, 1.82) is 0 Å². The van der Waals surface area contributed by atoms with Crippen LogP contribution in [0, 0.1) is 0 Å². The number of nitrogens with two attached hydrogens (primary N) is 1. The van der Waals surface area contributed by atoms with Gasteiger partial charge < -0.3 is 15.2 Å². The number of benzene rings is 2. The summed E-state index contributed by atoms with van der Waals surface area (Å²) in [6.07, 6.45) is 0.966. The van der Waals surface area contributed by atoms with Crippen LogP contribution >= 0.6 is 0 Å². The van der Waals surface area contributed by atoms with Crippen molar-refractivity contribution in [2.45, 2.75) is 20.0 Å². The van der Waals surface area contributed by atoms with E-state index in [1.165, 1.54) is 0 Å². The number of nitrogens with one attached hydrogen (secondary N) is 1. The molecule has 0 unspecified atom stereocenters. The first-order valence-corrected chi connectivity index (χ1v) is 8.01. The van der Waals surface area contributed by atoms with E-state index < -0.39 is 0 Å². The maximum Gasteiger partial charge on any atom is 0.130 e. The number of H-pyrrole nitrogens is 1. The average Bonchev–Trinajstić information content (AvgIpc) is 3.07. The highest BCUT2D eigenvalue weighted by atomic mass is 16.5. The van der Waals surface area contributed by atoms with Gasteiger partial charge in [-0.05, 0) is 36.8 Å². The Labute approximate surface area is 141 Å². The minimum Gasteiger partial charge on any atom is -0.493 e. The summed E-state index contributed by atoms with van der Waals surface area (Å²) >= 11 is 0. The SMILES string of the molecule is CCCOc1ccccc1-c1cc(COc2cccc(N)c2)[nH]n1. The number of hydrogen-bond acceptors (Lipinski definition) is 4. The zero-order chi connectivity index (χ0) is 16.8. The van der Waals surface area contributed by atoms with Gasteiger partial charge in [0.1, 0.15) is 18.1 Å². The normalized spacial score (nSPS) is 10.5. The molecule has 0 aliphatic carbocycles. The van der Waals surface area contributed by atoms with Crippen LogP contribution in [0.1, 0.15) is 19.0 Å². The van der Waals surface area contributed by atoms with Gasteiger partial charge in [0.2, 0.25) is 0 Å². The van der Waals surface area contributed by atoms with Crippen molar-refractivity contribution in [2.75, 3.05) is 12.3 Å². The molecule has 3 rings (SSSR count). The topological polar surface area (TPSA) is 73.2 Å². The fraction of sp³-hybridized carbons (Fsp3) is 0.211. The van der Waals surface area contributed by atoms with Crippen molar-refractivity contribution in [2.24, 2.45) is 0 Å². The predicted octanol–water partition coefficient (Wildman–Crippen LogP) is 4.03. The van der Waals surface area contributed by atoms with Gasteiger partial charge in [0.25, 0.3) is 0 Å². The summed E-state index contributed by atoms with van der Waals surface area (Å²) in [4.78, 5) is 0. The number of para-hydroxylation sites is 1. The van der Waals surface area contributed by atoms with Crippen molar-refractivity contribution < 1.29 is 9.47 Å². The number of aromatic nitrogens is 2. The van der Waals surface area contributed by atoms with Gasteiger partial charge in [-0.2, -0.15) is 5.10 Å². The molecule has 3 aromatic rings. The van der Waals surface area contributed by atoms with E-state index in [1.54, 1.807) is 6.07 Å². The second kappa shape index (κ2) is 7.55. The van der Waals surface area contributed by atoms with E-state index in [1.807, 2.05) is 48.5 Å². The lowest BCUT2D eigenvalue weighted by Crippen LogP contribution is -1.96. The van der Waals surface area contributed by atoms with Gasteiger partial charge in [-0.3, -0.25) is 5.10 Å². The Morgan fingerprint density at radius 3 is 2.75 bits per heavy atom. The van der Waals surface area contributed by atoms with Crippen LogP contribution in [0.3, 0.4) is 0 Å². The second-order valence-electron chi connectivity index (χ2n) is 5.48. The highest BCUT2D eigenvalue weighted by Gasteiger charge is 2.10. The molecule has 0 saturated carbocycles. The van der Waals surface area contributed by atoms with E-state index in [4.69, 9.17) is 15.2 Å². The summed E-state index contributed by atoms with van der Waals surface area (Å²) in [6.45, 7) is 3.17. The fourth-order valence-electron chi connectivity index (χ4n) is 2.36. The average molecular weight is 323 g/mol. The van der Waals surface area contributed by atoms with Gasteiger partial charge in [0, 0.05) is 17.3 Å². The van der Waals surface area contributed by atoms with Crippen LogP contribution in [0.2, 0.25) is 0 Å². The van der Waals surface area contributed by atoms with Crippen LogP contribution in [0.25, 0.3) is 11.3 Å². The van der Waals surface area contributed by atoms with E-state index in [0.717, 1.165) is 34.9 Å². The predicted molar refractivity (Wildman–Crippen MR) is 95.0 cm³/mol. The van der Waals surface area contributed by atoms with Gasteiger partial charge >= 0.3 is 0 Å². The van der Waals surface area contributed by atoms with Crippen molar-refractivity contribution in [3.8, 4) is 22.8 Å². The molecule has 1 heterocycles. The van der Waals surface area contributed by atoms with Crippen LogP contribution in [0.15, 0.2) is 54.6 Å². The van der Waals surface area contributed by atoms with Gasteiger partial charge in [-0.15, -0.1) is 0 Å². The first-order valence-electron chi connectivity index (χ1n) is 8.01. The standard InChI is InChI=1S/C19H21N3O2/c1-2-10-23-19-9-4-3-8-17(19)18-12-15(21-22-18)13-24-16-7-5-6-14(20)11-16/h3-9,11-12H,2,10,13,20H2,1H3,(H,21,22). The summed E-state index contributed by atoms with van der Waals surface area (Å²) in [6, 6.07) is 17.2. The highest BCUT2D eigenvalue weighted by molar-refractivity contribution is 5.67. The number of ether oxygens (including phenoxy) is 2. The lowest BCUT2D eigenvalue weighted by Gasteiger charge is -2.08. The van der Waals surface area contributed by atoms with Gasteiger partial charge in [0.05, 0.1) is 18.0 Å². The van der Waals surface area contributed by atoms with Crippen molar-refractivity contribution in [3.63, 3.8) is 0 Å². The minimum absolute atomic E-state index is 0.397. The molecule has 0 saturated heterocycles. The molecule has 5 nitrogen and oxygen atoms in total. The molecule has 0 atom stereocenters. The zero-order valence-electron chi connectivity index (χ0n) is 13.7. The largest absolute Gasteiger partial charge is 0.493 e. The highest BCUT2D eigenvalue weighted by Crippen LogP contribution is 2.29. The Balaban J connectivity index is 1.71. The van der Waals surface area contributed by atoms with Crippen molar-refractivity contribution in [1.82, 2.24) is 10.2 Å². The molecule has 0 bridgehead atoms. The first kappa shape index (κ1) is 15.9. The summed E-state index contributed by atoms with van der Waals surface area (Å²) in [7, 11) is 0. The van der Waals surface area contributed by atoms with Crippen LogP contribution in [0.4, 0.5) is 5.69 Å². The first-order chi connectivity index (χ1) is 11.8. The molecule has 0 amide bonds. The number of nitrogen functional groups attached to an aromatic ring is 1. The quantitative estimate of drug-likeness (QED) is 0.644. The zero-order valence-corrected chi connectivity index (χ0v) is 13.7. The maximum absolute atomic E-state index is 5.79. The molecular formula is C19H21N3O2. The summed E-state index contributed by atoms with van der Waals surface area (Å²) in [5.74, 6) is 1.58. The van der Waals surface area contributed by atoms with Crippen LogP contribution in [0.5, 0.6) is 11.5 Å². The molecule has 24 heavy (non-hydrogen) atoms. The van der Waals surface area contributed by atoms with Crippen LogP contribution < -0.4 is 15.2 Å². The summed E-state index contributed by atoms with van der Waals surface area (Å²) in [5, 5.41) is 7.39. The Kier molecular flexibility index (Phi) is 5.01. The molecule has 0 radical (unpaired) electrons. The molecule has 1 aromatic heterocycles. The third-order valence-electron chi connectivity index (χ3n) is 3.51. The Hall–Kier alpha value is -2.95. The van der Waals surface area contributed by atoms with E-state index in [9.17, 15) is 0 Å². The van der Waals surface area contributed by atoms with Gasteiger partial charge in [0.15, 0.2) is 0 Å². The number of hydrogen-bond donors (Lipinski definition) is 2. The fourth-order valence-corrected chi connectivity index (χ4v) is 2.36. The number of rotatable bonds is 7. The van der Waals surface area contributed by atoms with E-state index in [2.05, 4.69) is 17.1 Å². The minimum atomic E-state index is 0.397. The number of aromatic amines is 1. The molecule has 0 spiro atoms. The van der Waals surface area contributed by atoms with E-state index >= 15 is 0 Å². The van der Waals surface area contributed by atoms with Crippen LogP contribution in [-0.2, 0) is 6.61 Å². The summed E-state index contributed by atoms with van der Waals surface area (Å²) in [5.41, 5.74) is 9.13. The Morgan fingerprint density at radius 2 is 1.92 bits per heavy atom.